The minimum Gasteiger partial charge on any atom is -0.481 e. The lowest BCUT2D eigenvalue weighted by Crippen LogP contribution is -2.65. The van der Waals surface area contributed by atoms with Gasteiger partial charge in [-0.25, -0.2) is 0 Å². The van der Waals surface area contributed by atoms with Crippen molar-refractivity contribution in [3.63, 3.8) is 0 Å². The molecule has 16 atom stereocenters. The van der Waals surface area contributed by atoms with Gasteiger partial charge in [0.05, 0.1) is 40.5 Å². The zero-order chi connectivity index (χ0) is 50.1. The molecule has 2 aromatic rings. The van der Waals surface area contributed by atoms with Crippen molar-refractivity contribution in [3.05, 3.63) is 83.0 Å². The van der Waals surface area contributed by atoms with Crippen LogP contribution < -0.4 is 9.80 Å². The molecule has 16 unspecified atom stereocenters. The molecule has 10 heteroatoms. The first-order valence-corrected chi connectivity index (χ1v) is 27.4. The van der Waals surface area contributed by atoms with E-state index in [0.717, 1.165) is 81.8 Å². The van der Waals surface area contributed by atoms with Crippen LogP contribution in [0.25, 0.3) is 0 Å². The summed E-state index contributed by atoms with van der Waals surface area (Å²) in [6.07, 6.45) is 15.7. The molecule has 0 aromatic heterocycles. The van der Waals surface area contributed by atoms with Crippen LogP contribution in [0.1, 0.15) is 144 Å². The Bertz CT molecular complexity index is 2720. The Kier molecular flexibility index (Phi) is 10.4. The van der Waals surface area contributed by atoms with Gasteiger partial charge in [0.15, 0.2) is 0 Å². The van der Waals surface area contributed by atoms with Gasteiger partial charge in [-0.2, -0.15) is 0 Å². The van der Waals surface area contributed by atoms with E-state index in [2.05, 4.69) is 60.6 Å². The molecule has 71 heavy (non-hydrogen) atoms. The molecule has 1 N–H and O–H groups in total. The maximum atomic E-state index is 15.0. The normalized spacial score (nSPS) is 43.9. The molecular formula is C61H74N2O8. The lowest BCUT2D eigenvalue weighted by Gasteiger charge is -2.68. The summed E-state index contributed by atoms with van der Waals surface area (Å²) in [6, 6.07) is 15.7. The summed E-state index contributed by atoms with van der Waals surface area (Å²) in [5.74, 6) is -1.66. The van der Waals surface area contributed by atoms with Crippen LogP contribution >= 0.6 is 0 Å². The van der Waals surface area contributed by atoms with Crippen molar-refractivity contribution >= 4 is 47.4 Å². The molecule has 2 aliphatic heterocycles. The number of ether oxygens (including phenoxy) is 1. The highest BCUT2D eigenvalue weighted by atomic mass is 16.5. The smallest absolute Gasteiger partial charge is 0.309 e. The summed E-state index contributed by atoms with van der Waals surface area (Å²) in [4.78, 5) is 87.2. The van der Waals surface area contributed by atoms with Crippen LogP contribution in [0.3, 0.4) is 0 Å². The predicted molar refractivity (Wildman–Crippen MR) is 269 cm³/mol. The second kappa shape index (κ2) is 15.6. The van der Waals surface area contributed by atoms with Gasteiger partial charge in [-0.05, 0) is 179 Å². The van der Waals surface area contributed by atoms with Crippen molar-refractivity contribution in [2.24, 2.45) is 98.1 Å². The predicted octanol–water partition coefficient (Wildman–Crippen LogP) is 11.1. The maximum absolute atomic E-state index is 15.0. The van der Waals surface area contributed by atoms with Crippen molar-refractivity contribution in [2.75, 3.05) is 9.80 Å². The number of nitrogens with zero attached hydrogens (tertiary/aromatic N) is 2. The van der Waals surface area contributed by atoms with Crippen LogP contribution in [0.15, 0.2) is 71.8 Å². The molecule has 4 amide bonds. The largest absolute Gasteiger partial charge is 0.481 e. The quantitative estimate of drug-likeness (QED) is 0.149. The molecule has 0 radical (unpaired) electrons. The van der Waals surface area contributed by atoms with E-state index in [1.807, 2.05) is 55.5 Å². The number of anilines is 2. The molecule has 8 fully saturated rings. The molecule has 2 aromatic carbocycles. The minimum atomic E-state index is -0.793. The van der Waals surface area contributed by atoms with Crippen molar-refractivity contribution in [1.29, 1.82) is 0 Å². The first-order chi connectivity index (χ1) is 33.7. The number of hydrogen-bond donors (Lipinski definition) is 1. The Morgan fingerprint density at radius 1 is 0.620 bits per heavy atom. The van der Waals surface area contributed by atoms with E-state index in [9.17, 15) is 29.1 Å². The average Bonchev–Trinajstić information content (AvgIpc) is 3.78. The number of allylic oxidation sites excluding steroid dienone is 4. The number of hydrogen-bond acceptors (Lipinski definition) is 7. The van der Waals surface area contributed by atoms with Gasteiger partial charge in [0.1, 0.15) is 5.60 Å². The van der Waals surface area contributed by atoms with E-state index in [-0.39, 0.29) is 87.7 Å². The number of amides is 4. The SMILES string of the molecule is CC(C)C1=CC23CCC4C(C)(OC=O)CCCC4(C)C2CC1C1C(=O)N(c2ccc(Cc4ccc(N5C(=O)C6C7CC8C9(C)CCCC(C)(C(=O)O)C9CCC8(C=C7C(C)C)C6C5=O)cc4)cc2)C(=O)C13. The first-order valence-electron chi connectivity index (χ1n) is 27.4. The Morgan fingerprint density at radius 2 is 1.06 bits per heavy atom. The van der Waals surface area contributed by atoms with Crippen LogP contribution in [0.2, 0.25) is 0 Å². The second-order valence-electron chi connectivity index (χ2n) is 26.3. The van der Waals surface area contributed by atoms with Gasteiger partial charge in [0, 0.05) is 16.7 Å². The van der Waals surface area contributed by atoms with E-state index >= 15 is 4.79 Å². The molecule has 12 aliphatic rings. The summed E-state index contributed by atoms with van der Waals surface area (Å²) in [5, 5.41) is 10.6. The molecule has 14 rings (SSSR count). The molecule has 2 spiro atoms. The number of benzene rings is 2. The Balaban J connectivity index is 0.780. The van der Waals surface area contributed by atoms with Crippen LogP contribution in [-0.4, -0.2) is 46.8 Å². The number of aliphatic carboxylic acids is 1. The van der Waals surface area contributed by atoms with E-state index in [4.69, 9.17) is 4.74 Å². The van der Waals surface area contributed by atoms with Crippen LogP contribution in [0.5, 0.6) is 0 Å². The summed E-state index contributed by atoms with van der Waals surface area (Å²) in [5.41, 5.74) is 3.29. The van der Waals surface area contributed by atoms with Crippen molar-refractivity contribution in [1.82, 2.24) is 0 Å². The molecule has 4 bridgehead atoms. The average molecular weight is 963 g/mol. The summed E-state index contributed by atoms with van der Waals surface area (Å²) in [7, 11) is 0. The van der Waals surface area contributed by atoms with Gasteiger partial charge in [-0.1, -0.05) is 95.5 Å². The fourth-order valence-electron chi connectivity index (χ4n) is 20.1. The van der Waals surface area contributed by atoms with Crippen LogP contribution in [0.4, 0.5) is 11.4 Å². The topological polar surface area (TPSA) is 138 Å². The number of carbonyl (C=O) groups excluding carboxylic acids is 5. The zero-order valence-electron chi connectivity index (χ0n) is 43.2. The number of imide groups is 2. The summed E-state index contributed by atoms with van der Waals surface area (Å²) >= 11 is 0. The zero-order valence-corrected chi connectivity index (χ0v) is 43.2. The number of fused-ring (bicyclic) bond motifs is 2. The lowest BCUT2D eigenvalue weighted by molar-refractivity contribution is -0.209. The van der Waals surface area contributed by atoms with Gasteiger partial charge in [-0.3, -0.25) is 38.6 Å². The summed E-state index contributed by atoms with van der Waals surface area (Å²) < 4.78 is 5.91. The molecule has 6 saturated carbocycles. The van der Waals surface area contributed by atoms with Crippen molar-refractivity contribution < 1.29 is 38.6 Å². The molecule has 376 valence electrons. The lowest BCUT2D eigenvalue weighted by atomic mass is 9.34. The summed E-state index contributed by atoms with van der Waals surface area (Å²) in [6.45, 7) is 18.2. The monoisotopic (exact) mass is 963 g/mol. The van der Waals surface area contributed by atoms with Crippen molar-refractivity contribution in [3.8, 4) is 0 Å². The highest BCUT2D eigenvalue weighted by molar-refractivity contribution is 6.23. The standard InChI is InChI=1S/C61H74N2O8/c1-33(2)41-30-60-25-19-43-56(5,21-9-23-58(43,7)55(69)70)45(60)28-39(41)47-49(60)53(67)62(51(47)65)37-15-11-35(12-16-37)27-36-13-17-38(18-14-36)63-52(66)48-40-29-46-57(6)22-10-24-59(8,71-32-64)44(57)20-26-61(46,50(48)54(63)68)31-42(40)34(3)4/h11-18,30-34,39-40,43-50H,9-10,19-29H2,1-8H3,(H,69,70). The second-order valence-corrected chi connectivity index (χ2v) is 26.3. The Hall–Kier alpha value is -4.86. The Labute approximate surface area is 419 Å². The van der Waals surface area contributed by atoms with E-state index in [0.29, 0.717) is 30.7 Å². The fraction of sp³-hybridized carbons (Fsp3) is 0.639. The van der Waals surface area contributed by atoms with Crippen LogP contribution in [-0.2, 0) is 39.9 Å². The molecule has 2 heterocycles. The molecular weight excluding hydrogens is 889 g/mol. The van der Waals surface area contributed by atoms with E-state index in [1.165, 1.54) is 20.9 Å². The first kappa shape index (κ1) is 47.2. The minimum absolute atomic E-state index is 0.000246. The highest BCUT2D eigenvalue weighted by Crippen LogP contribution is 2.76. The van der Waals surface area contributed by atoms with Crippen molar-refractivity contribution in [2.45, 2.75) is 144 Å². The number of carbonyl (C=O) groups is 6. The van der Waals surface area contributed by atoms with Gasteiger partial charge >= 0.3 is 5.97 Å². The number of carboxylic acid groups (broad SMARTS) is 1. The van der Waals surface area contributed by atoms with E-state index < -0.39 is 45.6 Å². The maximum Gasteiger partial charge on any atom is 0.309 e. The highest BCUT2D eigenvalue weighted by Gasteiger charge is 2.75. The van der Waals surface area contributed by atoms with Gasteiger partial charge in [-0.15, -0.1) is 0 Å². The fourth-order valence-corrected chi connectivity index (χ4v) is 20.1. The molecule has 10 aliphatic carbocycles. The third-order valence-electron chi connectivity index (χ3n) is 22.9. The Morgan fingerprint density at radius 3 is 1.49 bits per heavy atom. The number of carboxylic acids is 1. The van der Waals surface area contributed by atoms with Crippen LogP contribution in [0, 0.1) is 98.1 Å². The van der Waals surface area contributed by atoms with Gasteiger partial charge < -0.3 is 9.84 Å². The third kappa shape index (κ3) is 6.05. The molecule has 2 saturated heterocycles. The molecule has 10 nitrogen and oxygen atoms in total. The number of rotatable bonds is 9. The van der Waals surface area contributed by atoms with E-state index in [1.54, 1.807) is 0 Å². The van der Waals surface area contributed by atoms with Gasteiger partial charge in [0.2, 0.25) is 23.6 Å². The van der Waals surface area contributed by atoms with Gasteiger partial charge in [0.25, 0.3) is 6.47 Å². The third-order valence-corrected chi connectivity index (χ3v) is 22.9.